The summed E-state index contributed by atoms with van der Waals surface area (Å²) >= 11 is 1.29. The minimum atomic E-state index is -0.837. The molecule has 0 aliphatic carbocycles. The van der Waals surface area contributed by atoms with Gasteiger partial charge in [0, 0.05) is 24.2 Å². The molecule has 1 N–H and O–H groups in total. The minimum absolute atomic E-state index is 0.414. The Hall–Kier alpha value is -1.03. The van der Waals surface area contributed by atoms with Gasteiger partial charge in [-0.2, -0.15) is 0 Å². The molecule has 1 atom stereocenters. The zero-order chi connectivity index (χ0) is 12.1. The Bertz CT molecular complexity index is 349. The van der Waals surface area contributed by atoms with E-state index in [4.69, 9.17) is 5.11 Å². The maximum atomic E-state index is 10.8. The van der Waals surface area contributed by atoms with Crippen molar-refractivity contribution >= 4 is 23.0 Å². The van der Waals surface area contributed by atoms with Crippen LogP contribution in [0.2, 0.25) is 0 Å². The van der Waals surface area contributed by atoms with Crippen molar-refractivity contribution in [1.29, 1.82) is 0 Å². The Morgan fingerprint density at radius 1 is 1.56 bits per heavy atom. The third kappa shape index (κ3) is 3.23. The van der Waals surface area contributed by atoms with Crippen LogP contribution >= 0.6 is 11.3 Å². The summed E-state index contributed by atoms with van der Waals surface area (Å²) < 4.78 is 0. The normalized spacial score (nSPS) is 12.4. The fourth-order valence-corrected chi connectivity index (χ4v) is 2.28. The highest BCUT2D eigenvalue weighted by Gasteiger charge is 2.12. The van der Waals surface area contributed by atoms with Crippen molar-refractivity contribution in [2.24, 2.45) is 5.92 Å². The van der Waals surface area contributed by atoms with Crippen LogP contribution in [0.1, 0.15) is 36.9 Å². The van der Waals surface area contributed by atoms with Gasteiger partial charge in [-0.05, 0) is 18.9 Å². The number of carboxylic acids is 1. The van der Waals surface area contributed by atoms with Crippen LogP contribution in [-0.2, 0) is 0 Å². The first-order valence-corrected chi connectivity index (χ1v) is 6.53. The van der Waals surface area contributed by atoms with Crippen LogP contribution in [0.25, 0.3) is 0 Å². The molecule has 90 valence electrons. The van der Waals surface area contributed by atoms with Crippen molar-refractivity contribution in [3.05, 3.63) is 16.3 Å². The van der Waals surface area contributed by atoms with E-state index in [0.717, 1.165) is 25.2 Å². The lowest BCUT2D eigenvalue weighted by Gasteiger charge is -2.24. The van der Waals surface area contributed by atoms with E-state index in [1.165, 1.54) is 11.3 Å². The van der Waals surface area contributed by atoms with Gasteiger partial charge in [-0.1, -0.05) is 20.3 Å². The maximum absolute atomic E-state index is 10.8. The third-order valence-corrected chi connectivity index (χ3v) is 3.68. The molecule has 0 radical (unpaired) electrons. The first-order chi connectivity index (χ1) is 7.58. The van der Waals surface area contributed by atoms with Crippen molar-refractivity contribution in [1.82, 2.24) is 0 Å². The van der Waals surface area contributed by atoms with Crippen molar-refractivity contribution in [3.8, 4) is 0 Å². The Labute approximate surface area is 101 Å². The molecule has 0 fully saturated rings. The molecule has 0 saturated heterocycles. The molecule has 1 rings (SSSR count). The van der Waals surface area contributed by atoms with E-state index in [2.05, 4.69) is 25.7 Å². The van der Waals surface area contributed by atoms with Crippen LogP contribution in [0.3, 0.4) is 0 Å². The quantitative estimate of drug-likeness (QED) is 0.830. The number of thiophene rings is 1. The molecular formula is C12H19NO2S. The fraction of sp³-hybridized carbons (Fsp3) is 0.583. The summed E-state index contributed by atoms with van der Waals surface area (Å²) in [5.74, 6) is -0.205. The standard InChI is InChI=1S/C12H19NO2S/c1-4-9(3)7-13(5-2)10-6-11(12(14)15)16-8-10/h6,8-9H,4-5,7H2,1-3H3,(H,14,15). The summed E-state index contributed by atoms with van der Waals surface area (Å²) in [6.45, 7) is 8.39. The van der Waals surface area contributed by atoms with Crippen molar-refractivity contribution in [2.75, 3.05) is 18.0 Å². The molecule has 0 aromatic carbocycles. The van der Waals surface area contributed by atoms with E-state index >= 15 is 0 Å². The number of carboxylic acid groups (broad SMARTS) is 1. The fourth-order valence-electron chi connectivity index (χ4n) is 1.53. The Balaban J connectivity index is 2.74. The summed E-state index contributed by atoms with van der Waals surface area (Å²) in [5, 5.41) is 10.8. The number of carbonyl (C=O) groups is 1. The molecule has 0 aliphatic rings. The van der Waals surface area contributed by atoms with Gasteiger partial charge in [-0.25, -0.2) is 4.79 Å². The largest absolute Gasteiger partial charge is 0.477 e. The molecule has 0 amide bonds. The topological polar surface area (TPSA) is 40.5 Å². The second-order valence-corrected chi connectivity index (χ2v) is 4.94. The minimum Gasteiger partial charge on any atom is -0.477 e. The molecule has 0 saturated carbocycles. The van der Waals surface area contributed by atoms with Gasteiger partial charge in [-0.15, -0.1) is 11.3 Å². The first-order valence-electron chi connectivity index (χ1n) is 5.65. The molecule has 16 heavy (non-hydrogen) atoms. The second-order valence-electron chi connectivity index (χ2n) is 4.03. The van der Waals surface area contributed by atoms with Gasteiger partial charge in [0.2, 0.25) is 0 Å². The molecule has 4 heteroatoms. The van der Waals surface area contributed by atoms with Gasteiger partial charge in [0.15, 0.2) is 0 Å². The smallest absolute Gasteiger partial charge is 0.345 e. The van der Waals surface area contributed by atoms with Gasteiger partial charge < -0.3 is 10.0 Å². The van der Waals surface area contributed by atoms with Crippen LogP contribution in [0, 0.1) is 5.92 Å². The van der Waals surface area contributed by atoms with Gasteiger partial charge in [0.25, 0.3) is 0 Å². The predicted octanol–water partition coefficient (Wildman–Crippen LogP) is 3.32. The number of hydrogen-bond donors (Lipinski definition) is 1. The average molecular weight is 241 g/mol. The molecule has 1 unspecified atom stereocenters. The number of anilines is 1. The van der Waals surface area contributed by atoms with Crippen LogP contribution < -0.4 is 4.90 Å². The van der Waals surface area contributed by atoms with E-state index < -0.39 is 5.97 Å². The van der Waals surface area contributed by atoms with Gasteiger partial charge in [0.05, 0.1) is 0 Å². The molecule has 0 spiro atoms. The zero-order valence-corrected chi connectivity index (χ0v) is 10.9. The van der Waals surface area contributed by atoms with Gasteiger partial charge in [-0.3, -0.25) is 0 Å². The van der Waals surface area contributed by atoms with Crippen LogP contribution in [0.15, 0.2) is 11.4 Å². The van der Waals surface area contributed by atoms with E-state index in [0.29, 0.717) is 10.8 Å². The summed E-state index contributed by atoms with van der Waals surface area (Å²) in [6, 6.07) is 1.76. The average Bonchev–Trinajstić information content (AvgIpc) is 2.74. The lowest BCUT2D eigenvalue weighted by molar-refractivity contribution is 0.0702. The molecule has 1 aromatic heterocycles. The van der Waals surface area contributed by atoms with Crippen molar-refractivity contribution in [3.63, 3.8) is 0 Å². The summed E-state index contributed by atoms with van der Waals surface area (Å²) in [7, 11) is 0. The second kappa shape index (κ2) is 5.89. The lowest BCUT2D eigenvalue weighted by Crippen LogP contribution is -2.27. The molecule has 3 nitrogen and oxygen atoms in total. The number of rotatable bonds is 6. The SMILES string of the molecule is CCC(C)CN(CC)c1csc(C(=O)O)c1. The first kappa shape index (κ1) is 13.0. The van der Waals surface area contributed by atoms with Crippen LogP contribution in [0.5, 0.6) is 0 Å². The van der Waals surface area contributed by atoms with Crippen LogP contribution in [-0.4, -0.2) is 24.2 Å². The highest BCUT2D eigenvalue weighted by molar-refractivity contribution is 7.12. The zero-order valence-electron chi connectivity index (χ0n) is 10.1. The van der Waals surface area contributed by atoms with Gasteiger partial charge in [0.1, 0.15) is 4.88 Å². The van der Waals surface area contributed by atoms with Crippen molar-refractivity contribution < 1.29 is 9.90 Å². The predicted molar refractivity (Wildman–Crippen MR) is 68.6 cm³/mol. The number of hydrogen-bond acceptors (Lipinski definition) is 3. The molecule has 0 bridgehead atoms. The monoisotopic (exact) mass is 241 g/mol. The number of aromatic carboxylic acids is 1. The molecule has 1 heterocycles. The Morgan fingerprint density at radius 2 is 2.25 bits per heavy atom. The molecular weight excluding hydrogens is 222 g/mol. The Kier molecular flexibility index (Phi) is 4.80. The summed E-state index contributed by atoms with van der Waals surface area (Å²) in [4.78, 5) is 13.4. The van der Waals surface area contributed by atoms with E-state index in [1.54, 1.807) is 6.07 Å². The third-order valence-electron chi connectivity index (χ3n) is 2.77. The van der Waals surface area contributed by atoms with E-state index in [-0.39, 0.29) is 0 Å². The lowest BCUT2D eigenvalue weighted by atomic mass is 10.1. The molecule has 1 aromatic rings. The number of nitrogens with zero attached hydrogens (tertiary/aromatic N) is 1. The van der Waals surface area contributed by atoms with E-state index in [9.17, 15) is 4.79 Å². The highest BCUT2D eigenvalue weighted by Crippen LogP contribution is 2.24. The highest BCUT2D eigenvalue weighted by atomic mass is 32.1. The van der Waals surface area contributed by atoms with Gasteiger partial charge >= 0.3 is 5.97 Å². The van der Waals surface area contributed by atoms with Crippen LogP contribution in [0.4, 0.5) is 5.69 Å². The van der Waals surface area contributed by atoms with Crippen molar-refractivity contribution in [2.45, 2.75) is 27.2 Å². The molecule has 0 aliphatic heterocycles. The maximum Gasteiger partial charge on any atom is 0.345 e. The Morgan fingerprint density at radius 3 is 2.69 bits per heavy atom. The summed E-state index contributed by atoms with van der Waals surface area (Å²) in [6.07, 6.45) is 1.15. The summed E-state index contributed by atoms with van der Waals surface area (Å²) in [5.41, 5.74) is 1.03. The van der Waals surface area contributed by atoms with E-state index in [1.807, 2.05) is 5.38 Å².